The van der Waals surface area contributed by atoms with Crippen LogP contribution >= 0.6 is 0 Å². The van der Waals surface area contributed by atoms with Crippen molar-refractivity contribution < 1.29 is 14.3 Å². The number of pyridine rings is 2. The molecule has 2 heterocycles. The van der Waals surface area contributed by atoms with Crippen molar-refractivity contribution in [2.75, 3.05) is 14.2 Å². The highest BCUT2D eigenvalue weighted by Crippen LogP contribution is 2.22. The van der Waals surface area contributed by atoms with E-state index >= 15 is 0 Å². The lowest BCUT2D eigenvalue weighted by molar-refractivity contribution is 0.0601. The van der Waals surface area contributed by atoms with E-state index in [2.05, 4.69) is 14.7 Å². The molecular weight excluding hydrogens is 248 g/mol. The summed E-state index contributed by atoms with van der Waals surface area (Å²) < 4.78 is 9.67. The van der Waals surface area contributed by atoms with Crippen LogP contribution in [-0.2, 0) is 4.74 Å². The summed E-state index contributed by atoms with van der Waals surface area (Å²) in [5.41, 5.74) is 0.827. The molecule has 0 saturated carbocycles. The SMILES string of the molecule is COC(=O)c1cc(=O)[nH]cc1-c1ccc(OC)cn1. The molecule has 6 nitrogen and oxygen atoms in total. The van der Waals surface area contributed by atoms with E-state index in [9.17, 15) is 9.59 Å². The van der Waals surface area contributed by atoms with E-state index in [0.717, 1.165) is 0 Å². The monoisotopic (exact) mass is 260 g/mol. The third-order valence-corrected chi connectivity index (χ3v) is 2.58. The molecule has 0 aromatic carbocycles. The number of esters is 1. The Morgan fingerprint density at radius 1 is 1.32 bits per heavy atom. The molecule has 2 aromatic rings. The fraction of sp³-hybridized carbons (Fsp3) is 0.154. The highest BCUT2D eigenvalue weighted by Gasteiger charge is 2.15. The van der Waals surface area contributed by atoms with Crippen LogP contribution in [0.2, 0.25) is 0 Å². The second-order valence-electron chi connectivity index (χ2n) is 3.70. The number of rotatable bonds is 3. The first-order valence-corrected chi connectivity index (χ1v) is 5.47. The second-order valence-corrected chi connectivity index (χ2v) is 3.70. The number of nitrogens with one attached hydrogen (secondary N) is 1. The minimum absolute atomic E-state index is 0.170. The molecule has 1 N–H and O–H groups in total. The van der Waals surface area contributed by atoms with Gasteiger partial charge >= 0.3 is 5.97 Å². The van der Waals surface area contributed by atoms with Crippen LogP contribution in [-0.4, -0.2) is 30.2 Å². The van der Waals surface area contributed by atoms with Gasteiger partial charge in [0.15, 0.2) is 0 Å². The average molecular weight is 260 g/mol. The predicted molar refractivity (Wildman–Crippen MR) is 68.2 cm³/mol. The zero-order valence-electron chi connectivity index (χ0n) is 10.5. The summed E-state index contributed by atoms with van der Waals surface area (Å²) >= 11 is 0. The Morgan fingerprint density at radius 3 is 2.68 bits per heavy atom. The molecule has 0 saturated heterocycles. The van der Waals surface area contributed by atoms with Crippen molar-refractivity contribution in [2.24, 2.45) is 0 Å². The van der Waals surface area contributed by atoms with Crippen molar-refractivity contribution in [3.05, 3.63) is 46.5 Å². The number of carbonyl (C=O) groups is 1. The van der Waals surface area contributed by atoms with Crippen LogP contribution in [0.15, 0.2) is 35.4 Å². The molecule has 0 radical (unpaired) electrons. The molecule has 0 fully saturated rings. The largest absolute Gasteiger partial charge is 0.495 e. The minimum Gasteiger partial charge on any atom is -0.495 e. The van der Waals surface area contributed by atoms with Gasteiger partial charge in [0.2, 0.25) is 5.56 Å². The maximum absolute atomic E-state index is 11.7. The molecule has 2 aromatic heterocycles. The molecule has 0 unspecified atom stereocenters. The summed E-state index contributed by atoms with van der Waals surface area (Å²) in [4.78, 5) is 29.6. The van der Waals surface area contributed by atoms with Crippen molar-refractivity contribution in [1.29, 1.82) is 0 Å². The summed E-state index contributed by atoms with van der Waals surface area (Å²) in [5.74, 6) is 0.0199. The van der Waals surface area contributed by atoms with Crippen molar-refractivity contribution in [3.63, 3.8) is 0 Å². The lowest BCUT2D eigenvalue weighted by Crippen LogP contribution is -2.12. The molecule has 0 bridgehead atoms. The molecule has 6 heteroatoms. The van der Waals surface area contributed by atoms with E-state index in [4.69, 9.17) is 4.74 Å². The zero-order chi connectivity index (χ0) is 13.8. The summed E-state index contributed by atoms with van der Waals surface area (Å²) in [6.45, 7) is 0. The van der Waals surface area contributed by atoms with Crippen LogP contribution in [0.4, 0.5) is 0 Å². The predicted octanol–water partition coefficient (Wildman–Crippen LogP) is 1.23. The second kappa shape index (κ2) is 5.34. The van der Waals surface area contributed by atoms with Crippen LogP contribution < -0.4 is 10.3 Å². The van der Waals surface area contributed by atoms with Crippen molar-refractivity contribution in [2.45, 2.75) is 0 Å². The normalized spacial score (nSPS) is 10.0. The van der Waals surface area contributed by atoms with Crippen molar-refractivity contribution in [3.8, 4) is 17.0 Å². The Kier molecular flexibility index (Phi) is 3.61. The fourth-order valence-electron chi connectivity index (χ4n) is 1.62. The summed E-state index contributed by atoms with van der Waals surface area (Å²) in [5, 5.41) is 0. The Balaban J connectivity index is 2.54. The van der Waals surface area contributed by atoms with Gasteiger partial charge in [-0.1, -0.05) is 0 Å². The third-order valence-electron chi connectivity index (χ3n) is 2.58. The minimum atomic E-state index is -0.585. The first-order chi connectivity index (χ1) is 9.15. The van der Waals surface area contributed by atoms with Gasteiger partial charge in [-0.15, -0.1) is 0 Å². The molecule has 2 rings (SSSR count). The number of aromatic nitrogens is 2. The highest BCUT2D eigenvalue weighted by atomic mass is 16.5. The molecule has 0 aliphatic heterocycles. The maximum Gasteiger partial charge on any atom is 0.338 e. The van der Waals surface area contributed by atoms with E-state index in [-0.39, 0.29) is 11.1 Å². The van der Waals surface area contributed by atoms with Gasteiger partial charge in [0, 0.05) is 17.8 Å². The molecule has 98 valence electrons. The molecule has 0 aliphatic rings. The molecule has 0 amide bonds. The Hall–Kier alpha value is -2.63. The lowest BCUT2D eigenvalue weighted by atomic mass is 10.1. The summed E-state index contributed by atoms with van der Waals surface area (Å²) in [6.07, 6.45) is 2.96. The number of methoxy groups -OCH3 is 2. The van der Waals surface area contributed by atoms with Gasteiger partial charge < -0.3 is 14.5 Å². The van der Waals surface area contributed by atoms with Crippen molar-refractivity contribution >= 4 is 5.97 Å². The number of H-pyrrole nitrogens is 1. The van der Waals surface area contributed by atoms with Gasteiger partial charge in [-0.05, 0) is 12.1 Å². The quantitative estimate of drug-likeness (QED) is 0.839. The first kappa shape index (κ1) is 12.8. The fourth-order valence-corrected chi connectivity index (χ4v) is 1.62. The average Bonchev–Trinajstić information content (AvgIpc) is 2.46. The van der Waals surface area contributed by atoms with Crippen LogP contribution in [0.3, 0.4) is 0 Å². The summed E-state index contributed by atoms with van der Waals surface area (Å²) in [6, 6.07) is 4.60. The molecule has 0 atom stereocenters. The van der Waals surface area contributed by atoms with E-state index in [0.29, 0.717) is 17.0 Å². The standard InChI is InChI=1S/C13H12N2O4/c1-18-8-3-4-11(14-6-8)10-7-15-12(16)5-9(10)13(17)19-2/h3-7H,1-2H3,(H,15,16). The van der Waals surface area contributed by atoms with Crippen molar-refractivity contribution in [1.82, 2.24) is 9.97 Å². The van der Waals surface area contributed by atoms with Gasteiger partial charge in [0.05, 0.1) is 31.7 Å². The van der Waals surface area contributed by atoms with Crippen LogP contribution in [0.25, 0.3) is 11.3 Å². The van der Waals surface area contributed by atoms with Gasteiger partial charge in [-0.25, -0.2) is 4.79 Å². The number of nitrogens with zero attached hydrogens (tertiary/aromatic N) is 1. The number of hydrogen-bond acceptors (Lipinski definition) is 5. The Labute approximate surface area is 109 Å². The van der Waals surface area contributed by atoms with E-state index in [1.807, 2.05) is 0 Å². The molecule has 19 heavy (non-hydrogen) atoms. The molecule has 0 spiro atoms. The number of ether oxygens (including phenoxy) is 2. The Morgan fingerprint density at radius 2 is 2.11 bits per heavy atom. The lowest BCUT2D eigenvalue weighted by Gasteiger charge is -2.07. The van der Waals surface area contributed by atoms with Crippen LogP contribution in [0.1, 0.15) is 10.4 Å². The van der Waals surface area contributed by atoms with Crippen LogP contribution in [0.5, 0.6) is 5.75 Å². The van der Waals surface area contributed by atoms with Gasteiger partial charge in [0.25, 0.3) is 0 Å². The third kappa shape index (κ3) is 2.62. The van der Waals surface area contributed by atoms with E-state index < -0.39 is 5.97 Å². The zero-order valence-corrected chi connectivity index (χ0v) is 10.5. The number of carbonyl (C=O) groups excluding carboxylic acids is 1. The first-order valence-electron chi connectivity index (χ1n) is 5.47. The van der Waals surface area contributed by atoms with Gasteiger partial charge in [0.1, 0.15) is 5.75 Å². The highest BCUT2D eigenvalue weighted by molar-refractivity contribution is 5.96. The molecular formula is C13H12N2O4. The van der Waals surface area contributed by atoms with Crippen LogP contribution in [0, 0.1) is 0 Å². The maximum atomic E-state index is 11.7. The van der Waals surface area contributed by atoms with E-state index in [1.54, 1.807) is 12.1 Å². The topological polar surface area (TPSA) is 81.3 Å². The summed E-state index contributed by atoms with van der Waals surface area (Å²) in [7, 11) is 2.80. The van der Waals surface area contributed by atoms with Gasteiger partial charge in [-0.3, -0.25) is 9.78 Å². The number of aromatic amines is 1. The Bertz CT molecular complexity index is 646. The number of hydrogen-bond donors (Lipinski definition) is 1. The molecule has 0 aliphatic carbocycles. The van der Waals surface area contributed by atoms with E-state index in [1.165, 1.54) is 32.7 Å². The van der Waals surface area contributed by atoms with Gasteiger partial charge in [-0.2, -0.15) is 0 Å². The smallest absolute Gasteiger partial charge is 0.338 e.